The highest BCUT2D eigenvalue weighted by atomic mass is 32.2. The Balaban J connectivity index is 2.24. The lowest BCUT2D eigenvalue weighted by atomic mass is 9.89. The first-order valence-electron chi connectivity index (χ1n) is 12.5. The molecule has 39 heavy (non-hydrogen) atoms. The lowest BCUT2D eigenvalue weighted by molar-refractivity contribution is 0.103. The van der Waals surface area contributed by atoms with E-state index in [1.165, 1.54) is 49.0 Å². The van der Waals surface area contributed by atoms with E-state index in [0.717, 1.165) is 25.0 Å². The zero-order valence-electron chi connectivity index (χ0n) is 22.3. The molecule has 0 radical (unpaired) electrons. The molecule has 1 N–H and O–H groups in total. The maximum Gasteiger partial charge on any atom is 0.250 e. The summed E-state index contributed by atoms with van der Waals surface area (Å²) in [5, 5.41) is 0. The number of rotatable bonds is 12. The molecule has 11 heteroatoms. The lowest BCUT2D eigenvalue weighted by Gasteiger charge is -2.22. The molecule has 0 amide bonds. The van der Waals surface area contributed by atoms with Gasteiger partial charge in [-0.2, -0.15) is 0 Å². The van der Waals surface area contributed by atoms with Gasteiger partial charge in [0.25, 0.3) is 5.56 Å². The molecule has 0 bridgehead atoms. The number of sulfone groups is 1. The molecule has 0 saturated heterocycles. The van der Waals surface area contributed by atoms with Gasteiger partial charge < -0.3 is 9.12 Å². The normalized spacial score (nSPS) is 13.3. The van der Waals surface area contributed by atoms with E-state index in [2.05, 4.69) is 4.72 Å². The average molecular weight is 579 g/mol. The highest BCUT2D eigenvalue weighted by Gasteiger charge is 2.25. The number of aryl methyl sites for hydroxylation is 1. The second-order valence-corrected chi connectivity index (χ2v) is 13.0. The standard InChI is InChI=1S/C28H32F2N2O5S2/c1-5-7-12-38(35)31-18(3)23-15-27(33)32(4)16-25(23)24-13-19(17-39(36,37)6-2)8-10-21(24)28(34)22-11-9-20(29)14-26(22)30/h8-11,13-16,18,31H,5-7,12,17H2,1-4H3/t18-,38-/m0/s1. The van der Waals surface area contributed by atoms with Crippen LogP contribution in [0.3, 0.4) is 0 Å². The van der Waals surface area contributed by atoms with Crippen molar-refractivity contribution in [3.8, 4) is 11.1 Å². The lowest BCUT2D eigenvalue weighted by Crippen LogP contribution is -2.30. The monoisotopic (exact) mass is 578 g/mol. The van der Waals surface area contributed by atoms with Gasteiger partial charge in [-0.15, -0.1) is 4.72 Å². The molecule has 3 rings (SSSR count). The van der Waals surface area contributed by atoms with E-state index in [1.807, 2.05) is 6.92 Å². The summed E-state index contributed by atoms with van der Waals surface area (Å²) in [6.45, 7) is 5.24. The van der Waals surface area contributed by atoms with Gasteiger partial charge in [0.1, 0.15) is 17.4 Å². The van der Waals surface area contributed by atoms with E-state index in [1.54, 1.807) is 6.92 Å². The molecule has 0 aliphatic carbocycles. The van der Waals surface area contributed by atoms with E-state index in [9.17, 15) is 31.3 Å². The fourth-order valence-corrected chi connectivity index (χ4v) is 6.18. The predicted octanol–water partition coefficient (Wildman–Crippen LogP) is 4.61. The zero-order valence-corrected chi connectivity index (χ0v) is 23.9. The third kappa shape index (κ3) is 7.63. The number of ketones is 1. The molecule has 2 aromatic carbocycles. The second-order valence-electron chi connectivity index (χ2n) is 9.34. The van der Waals surface area contributed by atoms with E-state index < -0.39 is 44.7 Å². The Morgan fingerprint density at radius 3 is 2.41 bits per heavy atom. The summed E-state index contributed by atoms with van der Waals surface area (Å²) in [6.07, 6.45) is 3.11. The van der Waals surface area contributed by atoms with Crippen LogP contribution in [0.25, 0.3) is 11.1 Å². The zero-order chi connectivity index (χ0) is 28.9. The predicted molar refractivity (Wildman–Crippen MR) is 150 cm³/mol. The van der Waals surface area contributed by atoms with E-state index >= 15 is 0 Å². The van der Waals surface area contributed by atoms with Gasteiger partial charge in [-0.1, -0.05) is 32.4 Å². The van der Waals surface area contributed by atoms with Gasteiger partial charge in [0.05, 0.1) is 17.4 Å². The molecule has 1 heterocycles. The highest BCUT2D eigenvalue weighted by Crippen LogP contribution is 2.33. The van der Waals surface area contributed by atoms with Gasteiger partial charge in [0.15, 0.2) is 15.6 Å². The summed E-state index contributed by atoms with van der Waals surface area (Å²) < 4.78 is 69.8. The molecule has 7 nitrogen and oxygen atoms in total. The largest absolute Gasteiger partial charge is 0.598 e. The van der Waals surface area contributed by atoms with E-state index in [4.69, 9.17) is 0 Å². The topological polar surface area (TPSA) is 108 Å². The Morgan fingerprint density at radius 1 is 1.08 bits per heavy atom. The number of pyridine rings is 1. The van der Waals surface area contributed by atoms with Crippen molar-refractivity contribution in [1.29, 1.82) is 0 Å². The van der Waals surface area contributed by atoms with Crippen molar-refractivity contribution in [1.82, 2.24) is 9.29 Å². The van der Waals surface area contributed by atoms with Crippen LogP contribution >= 0.6 is 0 Å². The molecule has 0 fully saturated rings. The average Bonchev–Trinajstić information content (AvgIpc) is 2.88. The van der Waals surface area contributed by atoms with Gasteiger partial charge >= 0.3 is 0 Å². The fraction of sp³-hybridized carbons (Fsp3) is 0.357. The molecule has 3 aromatic rings. The molecule has 0 unspecified atom stereocenters. The molecule has 0 aliphatic heterocycles. The molecular formula is C28H32F2N2O5S2. The third-order valence-electron chi connectivity index (χ3n) is 6.34. The highest BCUT2D eigenvalue weighted by molar-refractivity contribution is 7.90. The molecule has 2 atom stereocenters. The Bertz CT molecular complexity index is 1520. The number of unbranched alkanes of at least 4 members (excludes halogenated alkanes) is 1. The molecule has 0 aliphatic rings. The second kappa shape index (κ2) is 13.0. The minimum Gasteiger partial charge on any atom is -0.598 e. The van der Waals surface area contributed by atoms with Gasteiger partial charge in [-0.25, -0.2) is 17.2 Å². The number of nitrogens with zero attached hydrogens (tertiary/aromatic N) is 1. The molecular weight excluding hydrogens is 546 g/mol. The number of benzene rings is 2. The Kier molecular flexibility index (Phi) is 10.2. The Hall–Kier alpha value is -2.86. The van der Waals surface area contributed by atoms with Crippen LogP contribution in [0, 0.1) is 11.6 Å². The van der Waals surface area contributed by atoms with E-state index in [-0.39, 0.29) is 33.8 Å². The first kappa shape index (κ1) is 30.7. The SMILES string of the molecule is CCCC[S@+]([O-])N[C@@H](C)c1cc(=O)n(C)cc1-c1cc(CS(=O)(=O)CC)ccc1C(=O)c1ccc(F)cc1F. The number of hydrogen-bond donors (Lipinski definition) is 1. The number of hydrogen-bond acceptors (Lipinski definition) is 6. The van der Waals surface area contributed by atoms with Crippen LogP contribution in [-0.4, -0.2) is 34.8 Å². The quantitative estimate of drug-likeness (QED) is 0.248. The maximum absolute atomic E-state index is 14.6. The summed E-state index contributed by atoms with van der Waals surface area (Å²) in [5.41, 5.74) is 0.852. The molecule has 1 aromatic heterocycles. The summed E-state index contributed by atoms with van der Waals surface area (Å²) in [4.78, 5) is 26.2. The Labute approximate surface area is 230 Å². The first-order chi connectivity index (χ1) is 18.4. The number of aromatic nitrogens is 1. The minimum absolute atomic E-state index is 0.0392. The van der Waals surface area contributed by atoms with Crippen LogP contribution in [0.5, 0.6) is 0 Å². The molecule has 0 spiro atoms. The smallest absolute Gasteiger partial charge is 0.250 e. The summed E-state index contributed by atoms with van der Waals surface area (Å²) >= 11 is -1.39. The van der Waals surface area contributed by atoms with E-state index in [0.29, 0.717) is 28.5 Å². The summed E-state index contributed by atoms with van der Waals surface area (Å²) in [7, 11) is -1.90. The van der Waals surface area contributed by atoms with Gasteiger partial charge in [0.2, 0.25) is 0 Å². The number of carbonyl (C=O) groups excluding carboxylic acids is 1. The third-order valence-corrected chi connectivity index (χ3v) is 9.27. The van der Waals surface area contributed by atoms with Crippen molar-refractivity contribution in [2.45, 2.75) is 45.4 Å². The van der Waals surface area contributed by atoms with Crippen LogP contribution in [0.2, 0.25) is 0 Å². The van der Waals surface area contributed by atoms with Crippen LogP contribution in [0.15, 0.2) is 53.5 Å². The van der Waals surface area contributed by atoms with Crippen LogP contribution < -0.4 is 10.3 Å². The van der Waals surface area contributed by atoms with Crippen molar-refractivity contribution in [3.63, 3.8) is 0 Å². The van der Waals surface area contributed by atoms with Gasteiger partial charge in [-0.05, 0) is 48.2 Å². The van der Waals surface area contributed by atoms with Crippen LogP contribution in [0.4, 0.5) is 8.78 Å². The summed E-state index contributed by atoms with van der Waals surface area (Å²) in [6, 6.07) is 7.85. The van der Waals surface area contributed by atoms with Crippen molar-refractivity contribution >= 4 is 27.0 Å². The van der Waals surface area contributed by atoms with Crippen molar-refractivity contribution < 1.29 is 26.5 Å². The first-order valence-corrected chi connectivity index (χ1v) is 15.7. The molecule has 0 saturated carbocycles. The van der Waals surface area contributed by atoms with Crippen molar-refractivity contribution in [3.05, 3.63) is 92.9 Å². The summed E-state index contributed by atoms with van der Waals surface area (Å²) in [5.74, 6) is -2.56. The number of halogens is 2. The van der Waals surface area contributed by atoms with Crippen LogP contribution in [-0.2, 0) is 34.0 Å². The maximum atomic E-state index is 14.6. The van der Waals surface area contributed by atoms with Gasteiger partial charge in [0, 0.05) is 53.6 Å². The fourth-order valence-electron chi connectivity index (χ4n) is 4.10. The molecule has 210 valence electrons. The number of carbonyl (C=O) groups is 1. The van der Waals surface area contributed by atoms with Crippen LogP contribution in [0.1, 0.15) is 66.7 Å². The number of nitrogens with one attached hydrogen (secondary N) is 1. The van der Waals surface area contributed by atoms with Crippen molar-refractivity contribution in [2.75, 3.05) is 11.5 Å². The van der Waals surface area contributed by atoms with Crippen molar-refractivity contribution in [2.24, 2.45) is 7.05 Å². The van der Waals surface area contributed by atoms with Gasteiger partial charge in [-0.3, -0.25) is 9.59 Å². The minimum atomic E-state index is -3.43. The Morgan fingerprint density at radius 2 is 1.77 bits per heavy atom.